The second kappa shape index (κ2) is 12.4. The molecule has 0 heterocycles. The summed E-state index contributed by atoms with van der Waals surface area (Å²) in [6.07, 6.45) is 7.38. The minimum atomic E-state index is -0.613. The fourth-order valence-electron chi connectivity index (χ4n) is 1.56. The monoisotopic (exact) mass is 276 g/mol. The normalized spacial score (nSPS) is 12.5. The number of carbonyl (C=O) groups is 1. The van der Waals surface area contributed by atoms with Crippen LogP contribution in [0.15, 0.2) is 0 Å². The lowest BCUT2D eigenvalue weighted by atomic mass is 9.96. The molecule has 0 amide bonds. The average molecular weight is 276 g/mol. The van der Waals surface area contributed by atoms with Gasteiger partial charge in [0.25, 0.3) is 0 Å². The van der Waals surface area contributed by atoms with Crippen LogP contribution in [0.4, 0.5) is 0 Å². The molecule has 2 N–H and O–H groups in total. The maximum absolute atomic E-state index is 10.8. The minimum absolute atomic E-state index is 0.0955. The van der Waals surface area contributed by atoms with E-state index in [1.165, 1.54) is 19.3 Å². The molecule has 0 aliphatic carbocycles. The van der Waals surface area contributed by atoms with E-state index in [0.29, 0.717) is 0 Å². The van der Waals surface area contributed by atoms with Crippen molar-refractivity contribution in [3.05, 3.63) is 0 Å². The smallest absolute Gasteiger partial charge is 0.306 e. The van der Waals surface area contributed by atoms with Gasteiger partial charge in [-0.15, -0.1) is 0 Å². The molecule has 0 aliphatic heterocycles. The lowest BCUT2D eigenvalue weighted by Gasteiger charge is -2.10. The summed E-state index contributed by atoms with van der Waals surface area (Å²) >= 11 is 0. The maximum atomic E-state index is 10.8. The Morgan fingerprint density at radius 3 is 1.89 bits per heavy atom. The van der Waals surface area contributed by atoms with Crippen LogP contribution in [0, 0.1) is 5.92 Å². The summed E-state index contributed by atoms with van der Waals surface area (Å²) in [5, 5.41) is 16.8. The Hall–Kier alpha value is -0.610. The van der Waals surface area contributed by atoms with Gasteiger partial charge in [-0.3, -0.25) is 10.1 Å². The number of rotatable bonds is 8. The zero-order valence-corrected chi connectivity index (χ0v) is 13.2. The zero-order chi connectivity index (χ0) is 15.3. The average Bonchev–Trinajstić information content (AvgIpc) is 2.33. The summed E-state index contributed by atoms with van der Waals surface area (Å²) in [6.45, 7) is 9.52. The van der Waals surface area contributed by atoms with Crippen LogP contribution in [0.3, 0.4) is 0 Å². The van der Waals surface area contributed by atoms with Crippen molar-refractivity contribution >= 4 is 5.97 Å². The van der Waals surface area contributed by atoms with Gasteiger partial charge in [0.15, 0.2) is 0 Å². The van der Waals surface area contributed by atoms with Crippen molar-refractivity contribution in [3.63, 3.8) is 0 Å². The van der Waals surface area contributed by atoms with Gasteiger partial charge < -0.3 is 5.11 Å². The Balaban J connectivity index is 0. The van der Waals surface area contributed by atoms with E-state index in [1.807, 2.05) is 6.92 Å². The van der Waals surface area contributed by atoms with Gasteiger partial charge in [0.05, 0.1) is 11.5 Å². The second-order valence-corrected chi connectivity index (χ2v) is 5.88. The van der Waals surface area contributed by atoms with Gasteiger partial charge in [0, 0.05) is 0 Å². The topological polar surface area (TPSA) is 66.8 Å². The molecule has 4 heteroatoms. The molecule has 0 radical (unpaired) electrons. The van der Waals surface area contributed by atoms with Crippen LogP contribution < -0.4 is 0 Å². The lowest BCUT2D eigenvalue weighted by Crippen LogP contribution is -2.15. The molecule has 1 atom stereocenters. The molecular formula is C15H32O4. The van der Waals surface area contributed by atoms with Gasteiger partial charge in [-0.1, -0.05) is 46.0 Å². The molecule has 0 bridgehead atoms. The second-order valence-electron chi connectivity index (χ2n) is 5.88. The van der Waals surface area contributed by atoms with Gasteiger partial charge in [-0.05, 0) is 33.6 Å². The molecule has 1 unspecified atom stereocenters. The van der Waals surface area contributed by atoms with E-state index in [-0.39, 0.29) is 5.92 Å². The molecule has 116 valence electrons. The number of carboxylic acids is 1. The molecule has 0 aromatic rings. The molecule has 4 nitrogen and oxygen atoms in total. The zero-order valence-electron chi connectivity index (χ0n) is 13.2. The highest BCUT2D eigenvalue weighted by atomic mass is 17.1. The summed E-state index contributed by atoms with van der Waals surface area (Å²) in [4.78, 5) is 14.7. The molecule has 0 aromatic heterocycles. The van der Waals surface area contributed by atoms with Crippen LogP contribution in [-0.4, -0.2) is 21.9 Å². The third kappa shape index (κ3) is 17.4. The summed E-state index contributed by atoms with van der Waals surface area (Å²) in [5.74, 6) is -0.708. The van der Waals surface area contributed by atoms with Gasteiger partial charge in [-0.2, -0.15) is 0 Å². The Kier molecular flexibility index (Phi) is 13.5. The molecule has 0 aliphatic rings. The van der Waals surface area contributed by atoms with Crippen molar-refractivity contribution in [2.24, 2.45) is 5.92 Å². The van der Waals surface area contributed by atoms with Crippen molar-refractivity contribution in [3.8, 4) is 0 Å². The van der Waals surface area contributed by atoms with E-state index < -0.39 is 11.6 Å². The molecule has 0 saturated carbocycles. The Bertz CT molecular complexity index is 209. The van der Waals surface area contributed by atoms with E-state index in [1.54, 1.807) is 20.8 Å². The third-order valence-electron chi connectivity index (χ3n) is 2.67. The summed E-state index contributed by atoms with van der Waals surface area (Å²) in [6, 6.07) is 0. The van der Waals surface area contributed by atoms with Crippen molar-refractivity contribution in [1.29, 1.82) is 0 Å². The predicted octanol–water partition coefficient (Wildman–Crippen LogP) is 4.73. The number of unbranched alkanes of at least 4 members (excludes halogenated alkanes) is 3. The van der Waals surface area contributed by atoms with Crippen LogP contribution in [0.25, 0.3) is 0 Å². The van der Waals surface area contributed by atoms with Crippen molar-refractivity contribution in [2.45, 2.75) is 85.2 Å². The first-order chi connectivity index (χ1) is 8.78. The van der Waals surface area contributed by atoms with E-state index in [2.05, 4.69) is 11.8 Å². The highest BCUT2D eigenvalue weighted by Crippen LogP contribution is 2.16. The van der Waals surface area contributed by atoms with E-state index in [0.717, 1.165) is 25.7 Å². The van der Waals surface area contributed by atoms with Gasteiger partial charge in [0.1, 0.15) is 0 Å². The summed E-state index contributed by atoms with van der Waals surface area (Å²) < 4.78 is 0. The summed E-state index contributed by atoms with van der Waals surface area (Å²) in [5.41, 5.74) is -0.403. The highest BCUT2D eigenvalue weighted by molar-refractivity contribution is 5.69. The fraction of sp³-hybridized carbons (Fsp3) is 0.933. The third-order valence-corrected chi connectivity index (χ3v) is 2.67. The van der Waals surface area contributed by atoms with Crippen LogP contribution >= 0.6 is 0 Å². The predicted molar refractivity (Wildman–Crippen MR) is 78.3 cm³/mol. The van der Waals surface area contributed by atoms with Crippen molar-refractivity contribution in [1.82, 2.24) is 0 Å². The largest absolute Gasteiger partial charge is 0.481 e. The fourth-order valence-corrected chi connectivity index (χ4v) is 1.56. The number of carboxylic acid groups (broad SMARTS) is 1. The minimum Gasteiger partial charge on any atom is -0.481 e. The van der Waals surface area contributed by atoms with E-state index in [4.69, 9.17) is 10.4 Å². The molecule has 19 heavy (non-hydrogen) atoms. The number of hydrogen-bond donors (Lipinski definition) is 2. The first kappa shape index (κ1) is 20.7. The van der Waals surface area contributed by atoms with E-state index in [9.17, 15) is 4.79 Å². The number of aliphatic carboxylic acids is 1. The van der Waals surface area contributed by atoms with Crippen LogP contribution in [0.2, 0.25) is 0 Å². The Labute approximate surface area is 118 Å². The summed E-state index contributed by atoms with van der Waals surface area (Å²) in [7, 11) is 0. The van der Waals surface area contributed by atoms with Crippen LogP contribution in [-0.2, 0) is 9.68 Å². The van der Waals surface area contributed by atoms with Gasteiger partial charge in [-0.25, -0.2) is 4.89 Å². The maximum Gasteiger partial charge on any atom is 0.306 e. The highest BCUT2D eigenvalue weighted by Gasteiger charge is 2.14. The molecule has 0 spiro atoms. The number of hydrogen-bond acceptors (Lipinski definition) is 3. The van der Waals surface area contributed by atoms with Crippen LogP contribution in [0.5, 0.6) is 0 Å². The molecule has 0 fully saturated rings. The standard InChI is InChI=1S/C11H22O2.C4H10O2/c1-3-5-6-7-9-10(8-4-2)11(12)13;1-4(2,3)6-5/h10H,3-9H2,1-2H3,(H,12,13);5H,1-3H3. The quantitative estimate of drug-likeness (QED) is 0.382. The lowest BCUT2D eigenvalue weighted by molar-refractivity contribution is -0.306. The molecule has 0 saturated heterocycles. The Morgan fingerprint density at radius 1 is 1.05 bits per heavy atom. The van der Waals surface area contributed by atoms with Crippen molar-refractivity contribution < 1.29 is 20.0 Å². The molecule has 0 aromatic carbocycles. The van der Waals surface area contributed by atoms with Gasteiger partial charge >= 0.3 is 5.97 Å². The van der Waals surface area contributed by atoms with E-state index >= 15 is 0 Å². The van der Waals surface area contributed by atoms with Gasteiger partial charge in [0.2, 0.25) is 0 Å². The molecule has 0 rings (SSSR count). The van der Waals surface area contributed by atoms with Crippen LogP contribution in [0.1, 0.15) is 79.6 Å². The molecular weight excluding hydrogens is 244 g/mol. The Morgan fingerprint density at radius 2 is 1.58 bits per heavy atom. The SMILES string of the molecule is CC(C)(C)OO.CCCCCCC(CCC)C(=O)O. The first-order valence-corrected chi connectivity index (χ1v) is 7.33. The van der Waals surface area contributed by atoms with Crippen molar-refractivity contribution in [2.75, 3.05) is 0 Å². The first-order valence-electron chi connectivity index (χ1n) is 7.33.